The van der Waals surface area contributed by atoms with Gasteiger partial charge in [-0.3, -0.25) is 9.59 Å². The maximum Gasteiger partial charge on any atom is 0.337 e. The third-order valence-electron chi connectivity index (χ3n) is 4.76. The third kappa shape index (κ3) is 3.87. The summed E-state index contributed by atoms with van der Waals surface area (Å²) in [5, 5.41) is 3.08. The number of rotatable bonds is 6. The Morgan fingerprint density at radius 2 is 1.76 bits per heavy atom. The summed E-state index contributed by atoms with van der Waals surface area (Å²) < 4.78 is 15.2. The number of carbonyl (C=O) groups is 3. The highest BCUT2D eigenvalue weighted by atomic mass is 16.5. The molecule has 0 radical (unpaired) electrons. The van der Waals surface area contributed by atoms with Gasteiger partial charge in [0.15, 0.2) is 11.5 Å². The first-order chi connectivity index (χ1) is 13.9. The molecule has 2 amide bonds. The van der Waals surface area contributed by atoms with Crippen molar-refractivity contribution in [3.05, 3.63) is 47.5 Å². The minimum atomic E-state index is -0.748. The number of anilines is 2. The number of esters is 1. The van der Waals surface area contributed by atoms with E-state index in [2.05, 4.69) is 5.32 Å². The molecule has 1 heterocycles. The number of carbonyl (C=O) groups excluding carboxylic acids is 3. The minimum Gasteiger partial charge on any atom is -0.493 e. The van der Waals surface area contributed by atoms with Crippen molar-refractivity contribution in [3.63, 3.8) is 0 Å². The number of aryl methyl sites for hydroxylation is 1. The predicted molar refractivity (Wildman–Crippen MR) is 107 cm³/mol. The van der Waals surface area contributed by atoms with Crippen LogP contribution in [0.5, 0.6) is 11.5 Å². The van der Waals surface area contributed by atoms with Crippen LogP contribution in [-0.2, 0) is 14.3 Å². The Kier molecular flexibility index (Phi) is 5.72. The van der Waals surface area contributed by atoms with E-state index in [1.54, 1.807) is 36.4 Å². The average molecular weight is 398 g/mol. The number of nitrogens with one attached hydrogen (secondary N) is 1. The van der Waals surface area contributed by atoms with Crippen molar-refractivity contribution in [2.45, 2.75) is 19.4 Å². The van der Waals surface area contributed by atoms with Crippen LogP contribution in [0, 0.1) is 6.92 Å². The van der Waals surface area contributed by atoms with Crippen LogP contribution < -0.4 is 19.7 Å². The van der Waals surface area contributed by atoms with Crippen LogP contribution in [0.1, 0.15) is 22.3 Å². The Morgan fingerprint density at radius 1 is 1.03 bits per heavy atom. The molecule has 2 aromatic carbocycles. The molecule has 0 aromatic heterocycles. The molecule has 1 atom stereocenters. The molecule has 1 aliphatic rings. The number of hydrogen-bond donors (Lipinski definition) is 1. The number of methoxy groups -OCH3 is 3. The summed E-state index contributed by atoms with van der Waals surface area (Å²) in [5.74, 6) is -0.274. The lowest BCUT2D eigenvalue weighted by Gasteiger charge is -2.18. The molecular formula is C21H22N2O6. The topological polar surface area (TPSA) is 94.2 Å². The van der Waals surface area contributed by atoms with Gasteiger partial charge in [-0.15, -0.1) is 0 Å². The lowest BCUT2D eigenvalue weighted by Crippen LogP contribution is -2.35. The van der Waals surface area contributed by atoms with Crippen LogP contribution in [0.25, 0.3) is 0 Å². The number of amides is 2. The Morgan fingerprint density at radius 3 is 2.41 bits per heavy atom. The van der Waals surface area contributed by atoms with Crippen molar-refractivity contribution < 1.29 is 28.6 Å². The Hall–Kier alpha value is -3.55. The number of nitrogens with zero attached hydrogens (tertiary/aromatic N) is 1. The van der Waals surface area contributed by atoms with Crippen molar-refractivity contribution >= 4 is 29.2 Å². The van der Waals surface area contributed by atoms with Crippen molar-refractivity contribution in [3.8, 4) is 11.5 Å². The van der Waals surface area contributed by atoms with Gasteiger partial charge in [-0.1, -0.05) is 6.07 Å². The molecule has 3 rings (SSSR count). The van der Waals surface area contributed by atoms with Crippen molar-refractivity contribution in [1.29, 1.82) is 0 Å². The number of hydrogen-bond acceptors (Lipinski definition) is 7. The Labute approximate surface area is 168 Å². The van der Waals surface area contributed by atoms with E-state index in [1.807, 2.05) is 6.92 Å². The summed E-state index contributed by atoms with van der Waals surface area (Å²) in [6.07, 6.45) is -0.00489. The summed E-state index contributed by atoms with van der Waals surface area (Å²) in [6, 6.07) is 9.11. The smallest absolute Gasteiger partial charge is 0.337 e. The Bertz CT molecular complexity index is 972. The maximum atomic E-state index is 12.9. The Balaban J connectivity index is 1.86. The number of benzene rings is 2. The molecule has 0 bridgehead atoms. The van der Waals surface area contributed by atoms with Crippen molar-refractivity contribution in [2.75, 3.05) is 31.5 Å². The van der Waals surface area contributed by atoms with Gasteiger partial charge in [0, 0.05) is 11.8 Å². The lowest BCUT2D eigenvalue weighted by atomic mass is 10.1. The van der Waals surface area contributed by atoms with Gasteiger partial charge in [0.05, 0.1) is 39.0 Å². The number of imide groups is 1. The van der Waals surface area contributed by atoms with E-state index in [0.717, 1.165) is 10.5 Å². The van der Waals surface area contributed by atoms with E-state index >= 15 is 0 Å². The molecule has 1 saturated heterocycles. The SMILES string of the molecule is COC(=O)c1ccc(C)c(NC2CC(=O)N(c3ccc(OC)c(OC)c3)C2=O)c1. The quantitative estimate of drug-likeness (QED) is 0.590. The fourth-order valence-electron chi connectivity index (χ4n) is 3.19. The van der Waals surface area contributed by atoms with Crippen LogP contribution in [0.4, 0.5) is 11.4 Å². The normalized spacial score (nSPS) is 16.0. The van der Waals surface area contributed by atoms with Crippen LogP contribution in [0.15, 0.2) is 36.4 Å². The standard InChI is InChI=1S/C21H22N2O6/c1-12-5-6-13(21(26)29-4)9-15(12)22-16-11-19(24)23(20(16)25)14-7-8-17(27-2)18(10-14)28-3/h5-10,16,22H,11H2,1-4H3. The monoisotopic (exact) mass is 398 g/mol. The molecule has 1 fully saturated rings. The molecular weight excluding hydrogens is 376 g/mol. The average Bonchev–Trinajstić information content (AvgIpc) is 3.01. The highest BCUT2D eigenvalue weighted by Gasteiger charge is 2.40. The first kappa shape index (κ1) is 20.2. The zero-order chi connectivity index (χ0) is 21.1. The van der Waals surface area contributed by atoms with Gasteiger partial charge >= 0.3 is 5.97 Å². The lowest BCUT2D eigenvalue weighted by molar-refractivity contribution is -0.121. The van der Waals surface area contributed by atoms with Gasteiger partial charge in [0.25, 0.3) is 5.91 Å². The van der Waals surface area contributed by atoms with Gasteiger partial charge in [-0.25, -0.2) is 9.69 Å². The van der Waals surface area contributed by atoms with E-state index in [4.69, 9.17) is 14.2 Å². The predicted octanol–water partition coefficient (Wildman–Crippen LogP) is 2.54. The summed E-state index contributed by atoms with van der Waals surface area (Å²) in [5.41, 5.74) is 2.19. The van der Waals surface area contributed by atoms with E-state index < -0.39 is 12.0 Å². The molecule has 8 nitrogen and oxygen atoms in total. The summed E-state index contributed by atoms with van der Waals surface area (Å²) in [7, 11) is 4.29. The second kappa shape index (κ2) is 8.22. The zero-order valence-electron chi connectivity index (χ0n) is 16.6. The van der Waals surface area contributed by atoms with E-state index in [9.17, 15) is 14.4 Å². The first-order valence-corrected chi connectivity index (χ1v) is 8.94. The summed E-state index contributed by atoms with van der Waals surface area (Å²) >= 11 is 0. The van der Waals surface area contributed by atoms with Gasteiger partial charge in [0.1, 0.15) is 6.04 Å². The molecule has 0 aliphatic carbocycles. The molecule has 1 unspecified atom stereocenters. The molecule has 1 aliphatic heterocycles. The molecule has 0 saturated carbocycles. The minimum absolute atomic E-state index is 0.00489. The largest absolute Gasteiger partial charge is 0.493 e. The van der Waals surface area contributed by atoms with Crippen molar-refractivity contribution in [1.82, 2.24) is 0 Å². The molecule has 29 heavy (non-hydrogen) atoms. The first-order valence-electron chi connectivity index (χ1n) is 8.94. The highest BCUT2D eigenvalue weighted by Crippen LogP contribution is 2.34. The van der Waals surface area contributed by atoms with Crippen LogP contribution in [0.2, 0.25) is 0 Å². The van der Waals surface area contributed by atoms with Crippen LogP contribution in [0.3, 0.4) is 0 Å². The number of ether oxygens (including phenoxy) is 3. The van der Waals surface area contributed by atoms with Crippen LogP contribution in [-0.4, -0.2) is 45.2 Å². The second-order valence-corrected chi connectivity index (χ2v) is 6.53. The van der Waals surface area contributed by atoms with Gasteiger partial charge in [-0.05, 0) is 36.8 Å². The van der Waals surface area contributed by atoms with E-state index in [-0.39, 0.29) is 18.2 Å². The fraction of sp³-hybridized carbons (Fsp3) is 0.286. The van der Waals surface area contributed by atoms with E-state index in [1.165, 1.54) is 21.3 Å². The molecule has 1 N–H and O–H groups in total. The summed E-state index contributed by atoms with van der Waals surface area (Å²) in [4.78, 5) is 38.4. The zero-order valence-corrected chi connectivity index (χ0v) is 16.6. The van der Waals surface area contributed by atoms with Crippen molar-refractivity contribution in [2.24, 2.45) is 0 Å². The molecule has 8 heteroatoms. The van der Waals surface area contributed by atoms with Crippen LogP contribution >= 0.6 is 0 Å². The third-order valence-corrected chi connectivity index (χ3v) is 4.76. The summed E-state index contributed by atoms with van der Waals surface area (Å²) in [6.45, 7) is 1.84. The maximum absolute atomic E-state index is 12.9. The highest BCUT2D eigenvalue weighted by molar-refractivity contribution is 6.23. The van der Waals surface area contributed by atoms with Gasteiger partial charge in [0.2, 0.25) is 5.91 Å². The fourth-order valence-corrected chi connectivity index (χ4v) is 3.19. The second-order valence-electron chi connectivity index (χ2n) is 6.53. The molecule has 152 valence electrons. The van der Waals surface area contributed by atoms with Gasteiger partial charge in [-0.2, -0.15) is 0 Å². The molecule has 2 aromatic rings. The molecule has 0 spiro atoms. The van der Waals surface area contributed by atoms with Gasteiger partial charge < -0.3 is 19.5 Å². The van der Waals surface area contributed by atoms with E-state index in [0.29, 0.717) is 28.4 Å².